The Balaban J connectivity index is 1.28. The first-order valence-corrected chi connectivity index (χ1v) is 19.7. The van der Waals surface area contributed by atoms with Crippen molar-refractivity contribution >= 4 is 43.2 Å². The summed E-state index contributed by atoms with van der Waals surface area (Å²) in [6.07, 6.45) is -0.499. The molecule has 7 rings (SSSR count). The molecule has 0 saturated carbocycles. The van der Waals surface area contributed by atoms with Gasteiger partial charge in [0.2, 0.25) is 14.3 Å². The number of hydrogen-bond donors (Lipinski definition) is 2. The highest BCUT2D eigenvalue weighted by molar-refractivity contribution is 6.72. The van der Waals surface area contributed by atoms with E-state index >= 15 is 4.11 Å². The second-order valence-electron chi connectivity index (χ2n) is 13.8. The third-order valence-corrected chi connectivity index (χ3v) is 12.9. The zero-order valence-corrected chi connectivity index (χ0v) is 28.8. The predicted molar refractivity (Wildman–Crippen MR) is 189 cm³/mol. The number of carbonyl (C=O) groups is 3. The smallest absolute Gasteiger partial charge is 0.268 e. The topological polar surface area (TPSA) is 99.2 Å². The first kappa shape index (κ1) is 32.9. The van der Waals surface area contributed by atoms with Crippen molar-refractivity contribution in [3.05, 3.63) is 125 Å². The molecule has 1 spiro atoms. The second kappa shape index (κ2) is 12.7. The molecule has 0 aliphatic carbocycles. The average Bonchev–Trinajstić information content (AvgIpc) is 3.54. The van der Waals surface area contributed by atoms with Crippen LogP contribution in [0.3, 0.4) is 0 Å². The summed E-state index contributed by atoms with van der Waals surface area (Å²) < 4.78 is 23.4. The first-order chi connectivity index (χ1) is 23.5. The number of ether oxygens (including phenoxy) is 1. The molecule has 0 unspecified atom stereocenters. The Morgan fingerprint density at radius 3 is 2.29 bits per heavy atom. The van der Waals surface area contributed by atoms with Gasteiger partial charge in [-0.25, -0.2) is 0 Å². The Morgan fingerprint density at radius 2 is 1.61 bits per heavy atom. The zero-order chi connectivity index (χ0) is 34.5. The maximum atomic E-state index is 16.5. The van der Waals surface area contributed by atoms with Gasteiger partial charge in [-0.2, -0.15) is 0 Å². The number of fused-ring (bicyclic) bond motifs is 3. The molecule has 1 saturated heterocycles. The molecular formula is C39H40FN3O5Si. The van der Waals surface area contributed by atoms with Crippen molar-refractivity contribution in [3.8, 4) is 0 Å². The van der Waals surface area contributed by atoms with Crippen LogP contribution in [0.25, 0.3) is 0 Å². The minimum absolute atomic E-state index is 0.131. The van der Waals surface area contributed by atoms with Crippen LogP contribution in [0, 0.1) is 5.92 Å². The van der Waals surface area contributed by atoms with Crippen molar-refractivity contribution in [2.45, 2.75) is 62.7 Å². The molecule has 3 aliphatic heterocycles. The van der Waals surface area contributed by atoms with Crippen molar-refractivity contribution in [2.75, 3.05) is 16.8 Å². The summed E-state index contributed by atoms with van der Waals surface area (Å²) in [6.45, 7) is 5.19. The lowest BCUT2D eigenvalue weighted by Crippen LogP contribution is -2.48. The highest BCUT2D eigenvalue weighted by Crippen LogP contribution is 2.61. The van der Waals surface area contributed by atoms with Crippen LogP contribution in [-0.4, -0.2) is 54.9 Å². The number of rotatable bonds is 7. The molecule has 5 atom stereocenters. The fourth-order valence-corrected chi connectivity index (χ4v) is 10.7. The molecule has 4 aromatic carbocycles. The van der Waals surface area contributed by atoms with Gasteiger partial charge >= 0.3 is 0 Å². The van der Waals surface area contributed by atoms with Crippen molar-refractivity contribution in [1.82, 2.24) is 4.90 Å². The van der Waals surface area contributed by atoms with E-state index in [0.29, 0.717) is 41.2 Å². The van der Waals surface area contributed by atoms with E-state index in [2.05, 4.69) is 5.32 Å². The third kappa shape index (κ3) is 5.67. The zero-order valence-electron chi connectivity index (χ0n) is 27.8. The number of carbonyl (C=O) groups excluding carboxylic acids is 3. The summed E-state index contributed by atoms with van der Waals surface area (Å²) in [5.74, 6) is -1.54. The summed E-state index contributed by atoms with van der Waals surface area (Å²) in [7, 11) is -3.56. The number of aliphatic hydroxyl groups is 1. The van der Waals surface area contributed by atoms with E-state index in [4.69, 9.17) is 4.74 Å². The van der Waals surface area contributed by atoms with Crippen molar-refractivity contribution in [2.24, 2.45) is 5.92 Å². The van der Waals surface area contributed by atoms with Crippen LogP contribution in [0.1, 0.15) is 40.4 Å². The number of halogens is 1. The van der Waals surface area contributed by atoms with E-state index in [1.54, 1.807) is 65.4 Å². The number of hydrogen-bond acceptors (Lipinski definition) is 5. The molecule has 4 aromatic rings. The number of nitrogens with one attached hydrogen (secondary N) is 1. The van der Waals surface area contributed by atoms with Gasteiger partial charge in [-0.05, 0) is 73.1 Å². The summed E-state index contributed by atoms with van der Waals surface area (Å²) in [4.78, 5) is 45.4. The fourth-order valence-electron chi connectivity index (χ4n) is 8.21. The largest absolute Gasteiger partial charge is 0.394 e. The van der Waals surface area contributed by atoms with Crippen LogP contribution < -0.4 is 10.2 Å². The normalized spacial score (nSPS) is 24.6. The Morgan fingerprint density at radius 1 is 0.959 bits per heavy atom. The van der Waals surface area contributed by atoms with Gasteiger partial charge in [-0.15, -0.1) is 0 Å². The molecule has 3 amide bonds. The van der Waals surface area contributed by atoms with Gasteiger partial charge in [0.15, 0.2) is 5.60 Å². The molecule has 0 bridgehead atoms. The number of aliphatic hydroxyl groups excluding tert-OH is 1. The molecule has 0 aromatic heterocycles. The molecule has 3 aliphatic rings. The van der Waals surface area contributed by atoms with E-state index in [0.717, 1.165) is 11.1 Å². The van der Waals surface area contributed by atoms with Crippen LogP contribution in [0.15, 0.2) is 103 Å². The number of amides is 3. The van der Waals surface area contributed by atoms with Crippen molar-refractivity contribution in [3.63, 3.8) is 0 Å². The summed E-state index contributed by atoms with van der Waals surface area (Å²) >= 11 is 0. The fraction of sp³-hybridized carbons (Fsp3) is 0.308. The monoisotopic (exact) mass is 677 g/mol. The van der Waals surface area contributed by atoms with E-state index in [1.807, 2.05) is 67.6 Å². The Labute approximate surface area is 286 Å². The van der Waals surface area contributed by atoms with Gasteiger partial charge in [0.1, 0.15) is 0 Å². The number of nitrogens with zero attached hydrogens (tertiary/aromatic N) is 2. The predicted octanol–water partition coefficient (Wildman–Crippen LogP) is 6.73. The number of anilines is 3. The Bertz CT molecular complexity index is 1900. The summed E-state index contributed by atoms with van der Waals surface area (Å²) in [6, 6.07) is 30.8. The van der Waals surface area contributed by atoms with Crippen LogP contribution in [0.2, 0.25) is 18.6 Å². The maximum Gasteiger partial charge on any atom is 0.268 e. The summed E-state index contributed by atoms with van der Waals surface area (Å²) in [5.41, 5.74) is 2.50. The summed E-state index contributed by atoms with van der Waals surface area (Å²) in [5, 5.41) is 13.2. The molecule has 3 heterocycles. The maximum absolute atomic E-state index is 16.5. The molecule has 49 heavy (non-hydrogen) atoms. The van der Waals surface area contributed by atoms with Gasteiger partial charge in [-0.1, -0.05) is 67.6 Å². The molecule has 1 fully saturated rings. The van der Waals surface area contributed by atoms with Crippen LogP contribution in [0.5, 0.6) is 0 Å². The molecular weight excluding hydrogens is 638 g/mol. The lowest BCUT2D eigenvalue weighted by molar-refractivity contribution is -0.150. The van der Waals surface area contributed by atoms with E-state index in [-0.39, 0.29) is 30.7 Å². The second-order valence-corrected chi connectivity index (χ2v) is 17.6. The SMILES string of the molecule is C[C@H]1[C@H]([Si](C)(C)F)[C@@H](CC(=O)N2Cc3ccccc3C[C@H]2CO)O[C@]12C(=O)N(c1ccccc1)c1ccc(NC(=O)c3ccccc3)cc12. The van der Waals surface area contributed by atoms with Crippen molar-refractivity contribution < 1.29 is 28.3 Å². The standard InChI is InChI=1S/C39H40FN3O5Si/c1-25-36(49(2,3)40)34(22-35(45)42-23-28-15-11-10-14-27(28)20-31(42)24-44)48-39(25)32-21-29(41-37(46)26-12-6-4-7-13-26)18-19-33(32)43(38(39)47)30-16-8-5-9-17-30/h4-19,21,25,31,34,36,44H,20,22-24H2,1-3H3,(H,41,46)/t25-,31-,34+,36-,39+/m0/s1. The highest BCUT2D eigenvalue weighted by Gasteiger charge is 2.67. The van der Waals surface area contributed by atoms with E-state index < -0.39 is 37.6 Å². The molecule has 10 heteroatoms. The Hall–Kier alpha value is -4.64. The lowest BCUT2D eigenvalue weighted by Gasteiger charge is -2.37. The van der Waals surface area contributed by atoms with E-state index in [1.165, 1.54) is 0 Å². The first-order valence-electron chi connectivity index (χ1n) is 16.8. The van der Waals surface area contributed by atoms with Crippen LogP contribution in [0.4, 0.5) is 21.2 Å². The average molecular weight is 678 g/mol. The lowest BCUT2D eigenvalue weighted by atomic mass is 9.82. The number of para-hydroxylation sites is 1. The van der Waals surface area contributed by atoms with Gasteiger partial charge in [-0.3, -0.25) is 19.3 Å². The minimum Gasteiger partial charge on any atom is -0.394 e. The molecule has 2 N–H and O–H groups in total. The van der Waals surface area contributed by atoms with E-state index in [9.17, 15) is 19.5 Å². The number of benzene rings is 4. The molecule has 8 nitrogen and oxygen atoms in total. The van der Waals surface area contributed by atoms with Crippen LogP contribution >= 0.6 is 0 Å². The quantitative estimate of drug-likeness (QED) is 0.167. The van der Waals surface area contributed by atoms with Crippen LogP contribution in [-0.2, 0) is 32.9 Å². The van der Waals surface area contributed by atoms with Crippen molar-refractivity contribution in [1.29, 1.82) is 0 Å². The van der Waals surface area contributed by atoms with Gasteiger partial charge in [0.05, 0.1) is 30.9 Å². The Kier molecular flexibility index (Phi) is 8.50. The van der Waals surface area contributed by atoms with Gasteiger partial charge in [0, 0.05) is 40.5 Å². The molecule has 0 radical (unpaired) electrons. The van der Waals surface area contributed by atoms with Gasteiger partial charge in [0.25, 0.3) is 11.8 Å². The van der Waals surface area contributed by atoms with Gasteiger partial charge < -0.3 is 24.2 Å². The molecule has 252 valence electrons. The highest BCUT2D eigenvalue weighted by atomic mass is 28.4. The minimum atomic E-state index is -3.56. The third-order valence-electron chi connectivity index (χ3n) is 10.4.